The van der Waals surface area contributed by atoms with Crippen molar-refractivity contribution in [2.75, 3.05) is 19.8 Å². The first-order valence-electron chi connectivity index (χ1n) is 2.47. The Hall–Kier alpha value is -1.17. The quantitative estimate of drug-likeness (QED) is 0.283. The standard InChI is InChI=1S/C4H6NO5/c6-1-2-9-3-4-10-5(7)8/h2-4H2. The zero-order chi connectivity index (χ0) is 7.82. The van der Waals surface area contributed by atoms with Gasteiger partial charge in [0.1, 0.15) is 13.2 Å². The molecule has 0 saturated carbocycles. The van der Waals surface area contributed by atoms with Crippen LogP contribution < -0.4 is 0 Å². The Morgan fingerprint density at radius 2 is 2.20 bits per heavy atom. The summed E-state index contributed by atoms with van der Waals surface area (Å²) < 4.78 is 4.48. The summed E-state index contributed by atoms with van der Waals surface area (Å²) in [6.07, 6.45) is 1.46. The van der Waals surface area contributed by atoms with Gasteiger partial charge in [0.15, 0.2) is 0 Å². The van der Waals surface area contributed by atoms with Crippen LogP contribution in [0.5, 0.6) is 0 Å². The van der Waals surface area contributed by atoms with Gasteiger partial charge in [-0.25, -0.2) is 0 Å². The summed E-state index contributed by atoms with van der Waals surface area (Å²) in [7, 11) is 0. The number of ether oxygens (including phenoxy) is 1. The van der Waals surface area contributed by atoms with E-state index in [0.717, 1.165) is 0 Å². The van der Waals surface area contributed by atoms with Crippen molar-refractivity contribution in [2.45, 2.75) is 0 Å². The lowest BCUT2D eigenvalue weighted by Crippen LogP contribution is -2.09. The van der Waals surface area contributed by atoms with E-state index >= 15 is 0 Å². The lowest BCUT2D eigenvalue weighted by atomic mass is 10.7. The highest BCUT2D eigenvalue weighted by molar-refractivity contribution is 5.51. The summed E-state index contributed by atoms with van der Waals surface area (Å²) in [4.78, 5) is 22.8. The van der Waals surface area contributed by atoms with Crippen LogP contribution in [0.2, 0.25) is 0 Å². The maximum Gasteiger partial charge on any atom is 0.294 e. The number of hydrogen-bond donors (Lipinski definition) is 0. The van der Waals surface area contributed by atoms with Crippen LogP contribution in [0.3, 0.4) is 0 Å². The average Bonchev–Trinajstić information content (AvgIpc) is 1.87. The van der Waals surface area contributed by atoms with Crippen molar-refractivity contribution in [2.24, 2.45) is 0 Å². The molecule has 57 valence electrons. The maximum atomic E-state index is 9.48. The smallest absolute Gasteiger partial charge is 0.294 e. The van der Waals surface area contributed by atoms with E-state index in [-0.39, 0.29) is 19.8 Å². The van der Waals surface area contributed by atoms with Gasteiger partial charge in [-0.15, -0.1) is 10.1 Å². The minimum Gasteiger partial charge on any atom is -0.371 e. The van der Waals surface area contributed by atoms with Crippen LogP contribution in [0, 0.1) is 10.1 Å². The molecule has 0 unspecified atom stereocenters. The molecule has 0 heterocycles. The molecule has 0 N–H and O–H groups in total. The summed E-state index contributed by atoms with van der Waals surface area (Å²) in [5.41, 5.74) is 0. The van der Waals surface area contributed by atoms with Crippen LogP contribution in [0.1, 0.15) is 0 Å². The van der Waals surface area contributed by atoms with Crippen molar-refractivity contribution in [3.05, 3.63) is 10.1 Å². The number of rotatable bonds is 6. The topological polar surface area (TPSA) is 78.7 Å². The molecule has 6 nitrogen and oxygen atoms in total. The Balaban J connectivity index is 2.90. The van der Waals surface area contributed by atoms with Crippen LogP contribution in [-0.2, 0) is 14.4 Å². The number of carbonyl (C=O) groups excluding carboxylic acids is 1. The molecule has 6 heteroatoms. The van der Waals surface area contributed by atoms with Gasteiger partial charge < -0.3 is 9.57 Å². The molecule has 10 heavy (non-hydrogen) atoms. The molecule has 0 spiro atoms. The van der Waals surface area contributed by atoms with E-state index in [2.05, 4.69) is 9.57 Å². The van der Waals surface area contributed by atoms with Gasteiger partial charge in [0, 0.05) is 0 Å². The highest BCUT2D eigenvalue weighted by Gasteiger charge is 1.92. The second-order valence-electron chi connectivity index (χ2n) is 1.25. The Kier molecular flexibility index (Phi) is 5.26. The largest absolute Gasteiger partial charge is 0.371 e. The lowest BCUT2D eigenvalue weighted by Gasteiger charge is -1.96. The van der Waals surface area contributed by atoms with Crippen LogP contribution >= 0.6 is 0 Å². The molecule has 0 amide bonds. The molecule has 0 fully saturated rings. The van der Waals surface area contributed by atoms with Crippen LogP contribution in [0.25, 0.3) is 0 Å². The first kappa shape index (κ1) is 8.83. The van der Waals surface area contributed by atoms with Gasteiger partial charge in [0.25, 0.3) is 5.09 Å². The van der Waals surface area contributed by atoms with Gasteiger partial charge in [0.05, 0.1) is 6.61 Å². The number of hydrogen-bond acceptors (Lipinski definition) is 5. The predicted octanol–water partition coefficient (Wildman–Crippen LogP) is -0.679. The third kappa shape index (κ3) is 6.83. The zero-order valence-electron chi connectivity index (χ0n) is 5.11. The van der Waals surface area contributed by atoms with E-state index in [1.807, 2.05) is 0 Å². The first-order valence-corrected chi connectivity index (χ1v) is 2.47. The van der Waals surface area contributed by atoms with Gasteiger partial charge in [-0.2, -0.15) is 0 Å². The molecule has 0 saturated heterocycles. The zero-order valence-corrected chi connectivity index (χ0v) is 5.11. The normalized spacial score (nSPS) is 8.80. The summed E-state index contributed by atoms with van der Waals surface area (Å²) in [5, 5.41) is 8.56. The lowest BCUT2D eigenvalue weighted by molar-refractivity contribution is -0.758. The van der Waals surface area contributed by atoms with E-state index in [0.29, 0.717) is 0 Å². The summed E-state index contributed by atoms with van der Waals surface area (Å²) in [6.45, 7) is -0.314. The monoisotopic (exact) mass is 148 g/mol. The van der Waals surface area contributed by atoms with Gasteiger partial charge in [-0.05, 0) is 0 Å². The molecule has 0 aliphatic heterocycles. The van der Waals surface area contributed by atoms with Crippen molar-refractivity contribution >= 4 is 6.29 Å². The highest BCUT2D eigenvalue weighted by atomic mass is 17.0. The molecular weight excluding hydrogens is 142 g/mol. The van der Waals surface area contributed by atoms with E-state index in [4.69, 9.17) is 0 Å². The van der Waals surface area contributed by atoms with Gasteiger partial charge in [-0.1, -0.05) is 0 Å². The van der Waals surface area contributed by atoms with Gasteiger partial charge in [-0.3, -0.25) is 4.79 Å². The molecule has 0 aromatic heterocycles. The molecule has 0 aromatic rings. The molecule has 0 rings (SSSR count). The molecular formula is C4H6NO5. The van der Waals surface area contributed by atoms with Crippen molar-refractivity contribution < 1.29 is 19.5 Å². The van der Waals surface area contributed by atoms with Crippen LogP contribution in [-0.4, -0.2) is 31.2 Å². The van der Waals surface area contributed by atoms with Crippen LogP contribution in [0.15, 0.2) is 0 Å². The second-order valence-corrected chi connectivity index (χ2v) is 1.25. The fourth-order valence-electron chi connectivity index (χ4n) is 0.285. The third-order valence-corrected chi connectivity index (χ3v) is 0.585. The summed E-state index contributed by atoms with van der Waals surface area (Å²) >= 11 is 0. The second kappa shape index (κ2) is 5.96. The predicted molar refractivity (Wildman–Crippen MR) is 29.5 cm³/mol. The molecule has 0 aliphatic rings. The van der Waals surface area contributed by atoms with Crippen LogP contribution in [0.4, 0.5) is 0 Å². The third-order valence-electron chi connectivity index (χ3n) is 0.585. The Bertz CT molecular complexity index is 114. The minimum absolute atomic E-state index is 0.0240. The molecule has 1 radical (unpaired) electrons. The average molecular weight is 148 g/mol. The van der Waals surface area contributed by atoms with E-state index in [1.54, 1.807) is 0 Å². The number of nitrogens with zero attached hydrogens (tertiary/aromatic N) is 1. The molecule has 0 aliphatic carbocycles. The van der Waals surface area contributed by atoms with Crippen molar-refractivity contribution in [3.8, 4) is 0 Å². The van der Waals surface area contributed by atoms with Gasteiger partial charge in [0.2, 0.25) is 6.29 Å². The SMILES string of the molecule is O=[C]COCCO[N+](=O)[O-]. The fourth-order valence-corrected chi connectivity index (χ4v) is 0.285. The summed E-state index contributed by atoms with van der Waals surface area (Å²) in [5.74, 6) is 0. The maximum absolute atomic E-state index is 9.48. The fraction of sp³-hybridized carbons (Fsp3) is 0.750. The Morgan fingerprint density at radius 1 is 1.50 bits per heavy atom. The summed E-state index contributed by atoms with van der Waals surface area (Å²) in [6, 6.07) is 0. The molecule has 0 bridgehead atoms. The molecule has 0 atom stereocenters. The molecule has 0 aromatic carbocycles. The Morgan fingerprint density at radius 3 is 2.70 bits per heavy atom. The minimum atomic E-state index is -0.923. The van der Waals surface area contributed by atoms with Crippen molar-refractivity contribution in [1.82, 2.24) is 0 Å². The Labute approximate surface area is 56.8 Å². The van der Waals surface area contributed by atoms with E-state index in [9.17, 15) is 14.9 Å². The van der Waals surface area contributed by atoms with E-state index < -0.39 is 5.09 Å². The first-order chi connectivity index (χ1) is 4.77. The van der Waals surface area contributed by atoms with E-state index in [1.165, 1.54) is 6.29 Å². The van der Waals surface area contributed by atoms with Gasteiger partial charge >= 0.3 is 0 Å². The van der Waals surface area contributed by atoms with Crippen molar-refractivity contribution in [3.63, 3.8) is 0 Å². The highest BCUT2D eigenvalue weighted by Crippen LogP contribution is 1.76. The van der Waals surface area contributed by atoms with Crippen molar-refractivity contribution in [1.29, 1.82) is 0 Å².